The van der Waals surface area contributed by atoms with E-state index < -0.39 is 59.7 Å². The maximum absolute atomic E-state index is 13.1. The first kappa shape index (κ1) is 124. The van der Waals surface area contributed by atoms with Crippen LogP contribution in [0.4, 0.5) is 0 Å². The van der Waals surface area contributed by atoms with Gasteiger partial charge in [-0.1, -0.05) is 251 Å². The molecule has 0 aliphatic heterocycles. The summed E-state index contributed by atoms with van der Waals surface area (Å²) >= 11 is 34.6. The molecular weight excluding hydrogens is 2080 g/mol. The Morgan fingerprint density at radius 1 is 0.352 bits per heavy atom. The summed E-state index contributed by atoms with van der Waals surface area (Å²) in [7, 11) is 1.60. The van der Waals surface area contributed by atoms with Gasteiger partial charge in [-0.25, -0.2) is 24.0 Å². The summed E-state index contributed by atoms with van der Waals surface area (Å²) in [6, 6.07) is 76.7. The molecular formula is C115H120BBr3Cl4NaO18. The Bertz CT molecular complexity index is 6920. The molecule has 0 saturated heterocycles. The molecule has 741 valence electrons. The van der Waals surface area contributed by atoms with Gasteiger partial charge in [0, 0.05) is 81.7 Å². The Morgan fingerprint density at radius 3 is 1.07 bits per heavy atom. The molecule has 0 spiro atoms. The second-order valence-electron chi connectivity index (χ2n) is 31.3. The number of ketones is 2. The molecule has 0 amide bonds. The third-order valence-corrected chi connectivity index (χ3v) is 24.6. The topological polar surface area (TPSA) is 265 Å². The molecule has 0 aliphatic rings. The van der Waals surface area contributed by atoms with E-state index in [1.165, 1.54) is 0 Å². The van der Waals surface area contributed by atoms with E-state index in [9.17, 15) is 48.9 Å². The van der Waals surface area contributed by atoms with Gasteiger partial charge in [0.05, 0.1) is 46.8 Å². The number of fused-ring (bicyclic) bond motifs is 5. The Hall–Kier alpha value is -10.6. The van der Waals surface area contributed by atoms with E-state index in [2.05, 4.69) is 59.9 Å². The molecule has 0 aromatic heterocycles. The van der Waals surface area contributed by atoms with Gasteiger partial charge in [0.2, 0.25) is 0 Å². The fraction of sp³-hybridized carbons (Fsp3) is 0.243. The number of aliphatic hydroxyl groups is 3. The average molecular weight is 2210 g/mol. The number of carbonyl (C=O) groups is 7. The number of aryl methyl sites for hydroxylation is 7. The predicted molar refractivity (Wildman–Crippen MR) is 588 cm³/mol. The minimum absolute atomic E-state index is 0. The summed E-state index contributed by atoms with van der Waals surface area (Å²) in [4.78, 5) is 86.1. The normalized spacial score (nSPS) is 11.0. The van der Waals surface area contributed by atoms with E-state index in [1.54, 1.807) is 72.9 Å². The molecule has 15 aromatic rings. The van der Waals surface area contributed by atoms with Crippen LogP contribution in [0.25, 0.3) is 98.4 Å². The van der Waals surface area contributed by atoms with E-state index in [4.69, 9.17) is 84.7 Å². The largest absolute Gasteiger partial charge is 1.00 e. The van der Waals surface area contributed by atoms with Gasteiger partial charge in [-0.2, -0.15) is 0 Å². The molecule has 142 heavy (non-hydrogen) atoms. The van der Waals surface area contributed by atoms with Gasteiger partial charge in [-0.15, -0.1) is 0 Å². The number of hydrogen-bond donors (Lipinski definition) is 4. The van der Waals surface area contributed by atoms with Crippen LogP contribution in [0.15, 0.2) is 256 Å². The van der Waals surface area contributed by atoms with E-state index in [0.717, 1.165) is 146 Å². The smallest absolute Gasteiger partial charge is 1.00 e. The maximum atomic E-state index is 13.1. The van der Waals surface area contributed by atoms with Crippen molar-refractivity contribution in [1.29, 1.82) is 0 Å². The molecule has 3 radical (unpaired) electrons. The Labute approximate surface area is 903 Å². The summed E-state index contributed by atoms with van der Waals surface area (Å²) < 4.78 is 39.0. The van der Waals surface area contributed by atoms with Crippen LogP contribution in [0, 0.1) is 48.5 Å². The van der Waals surface area contributed by atoms with Crippen molar-refractivity contribution < 1.29 is 118 Å². The first-order valence-corrected chi connectivity index (χ1v) is 47.6. The monoisotopic (exact) mass is 2200 g/mol. The summed E-state index contributed by atoms with van der Waals surface area (Å²) in [6.07, 6.45) is -3.66. The molecule has 27 heteroatoms. The zero-order chi connectivity index (χ0) is 99.1. The third kappa shape index (κ3) is 31.0. The Morgan fingerprint density at radius 2 is 0.662 bits per heavy atom. The number of methoxy groups -OCH3 is 1. The van der Waals surface area contributed by atoms with Crippen LogP contribution in [0.5, 0.6) is 11.5 Å². The van der Waals surface area contributed by atoms with E-state index in [0.29, 0.717) is 64.4 Å². The van der Waals surface area contributed by atoms with Crippen molar-refractivity contribution in [2.45, 2.75) is 145 Å². The molecule has 3 atom stereocenters. The number of hydrogen-bond acceptors (Lipinski definition) is 18. The fourth-order valence-electron chi connectivity index (χ4n) is 16.0. The van der Waals surface area contributed by atoms with Crippen LogP contribution in [0.3, 0.4) is 0 Å². The number of ether oxygens (including phenoxy) is 7. The summed E-state index contributed by atoms with van der Waals surface area (Å²) in [5.41, 5.74) is 16.2. The number of aromatic hydroxyl groups is 1. The molecule has 0 saturated carbocycles. The van der Waals surface area contributed by atoms with Gasteiger partial charge < -0.3 is 55.0 Å². The number of esters is 5. The number of phenolic OH excluding ortho intramolecular Hbond substituents is 1. The maximum Gasteiger partial charge on any atom is 1.00 e. The van der Waals surface area contributed by atoms with Crippen LogP contribution in [0.2, 0.25) is 20.1 Å². The quantitative estimate of drug-likeness (QED) is 0.0152. The molecule has 0 fully saturated rings. The number of phenols is 1. The van der Waals surface area contributed by atoms with Crippen LogP contribution < -0.4 is 34.3 Å². The second-order valence-corrected chi connectivity index (χ2v) is 35.8. The van der Waals surface area contributed by atoms with Gasteiger partial charge in [0.15, 0.2) is 18.3 Å². The van der Waals surface area contributed by atoms with Crippen LogP contribution >= 0.6 is 94.2 Å². The predicted octanol–water partition coefficient (Wildman–Crippen LogP) is 27.4. The molecule has 18 nitrogen and oxygen atoms in total. The number of carbonyl (C=O) groups excluding carboxylic acids is 7. The third-order valence-electron chi connectivity index (χ3n) is 22.1. The van der Waals surface area contributed by atoms with Crippen molar-refractivity contribution in [2.24, 2.45) is 0 Å². The van der Waals surface area contributed by atoms with Gasteiger partial charge in [0.25, 0.3) is 11.6 Å². The van der Waals surface area contributed by atoms with Gasteiger partial charge >= 0.3 is 59.4 Å². The Kier molecular flexibility index (Phi) is 50.8. The summed E-state index contributed by atoms with van der Waals surface area (Å²) in [5.74, 6) is -3.91. The molecule has 0 bridgehead atoms. The second kappa shape index (κ2) is 58.4. The fourth-order valence-corrected chi connectivity index (χ4v) is 17.6. The SMILES string of the molecule is C.C.C.C.CCO.CCOC(=O)C(=O)c1c(C)cc2cc(-c3ccc(Cl)cc3)ccc2c1-c1ccc(Cl)cc1.CCOC(=O)C(=O)c1c(C)cc2cc(Br)ccc2c1C.CCOC(=O)C(O)c1c(C)cc2cc(-c3ccc(Cl)cc3)ccc2c1-c1ccc(Cl)cc1.CCOC(=O)C(O)c1c(C)cc2cc(Br)ccc2c1C.CCOC(=O)C(OCc1ccc(OC)cc1)c1c(C)cc2cc(Br)ccc2c1O.[B].[H-].[Na+]. The van der Waals surface area contributed by atoms with Crippen LogP contribution in [-0.4, -0.2) is 117 Å². The van der Waals surface area contributed by atoms with E-state index in [1.807, 2.05) is 255 Å². The van der Waals surface area contributed by atoms with Crippen molar-refractivity contribution in [3.63, 3.8) is 0 Å². The van der Waals surface area contributed by atoms with Gasteiger partial charge in [-0.05, 0) is 343 Å². The number of Topliss-reactive ketones (excluding diaryl/α,β-unsaturated/α-hetero) is 2. The summed E-state index contributed by atoms with van der Waals surface area (Å²) in [5, 5.41) is 51.6. The number of benzene rings is 15. The van der Waals surface area contributed by atoms with Crippen molar-refractivity contribution in [1.82, 2.24) is 0 Å². The van der Waals surface area contributed by atoms with Crippen molar-refractivity contribution >= 4 is 198 Å². The van der Waals surface area contributed by atoms with Gasteiger partial charge in [-0.3, -0.25) is 9.59 Å². The van der Waals surface area contributed by atoms with Gasteiger partial charge in [0.1, 0.15) is 11.5 Å². The molecule has 15 aromatic carbocycles. The van der Waals surface area contributed by atoms with Crippen LogP contribution in [0.1, 0.15) is 173 Å². The zero-order valence-corrected chi connectivity index (χ0v) is 88.8. The standard InChI is InChI=1S/C27H22Cl2O3.C27H20Cl2O3.C23H23BrO5.C16H17BrO3.C16H15BrO3.C2H6O.4CH4.B.Na.H/c2*1-3-32-27(31)26(30)24-16(2)14-20-15-19(17-4-9-21(28)10-5-17)8-13-23(20)25(24)18-6-11-22(29)12-7-18;1-4-28-23(26)22(29-13-15-5-8-18(27-3)9-6-15)20-14(2)11-16-12-17(24)7-10-19(16)21(20)25;2*1-4-20-16(19)15(18)14-9(2)7-11-8-12(17)5-6-13(11)10(14)3;1-2-3;;;;;;;/h4-15,26,30H,3H2,1-2H3;4-15H,3H2,1-2H3;5-12,22,25H,4,13H2,1-3H3;5-8,15,18H,4H2,1-3H3;5-8H,4H2,1-3H3;3H,2H2,1H3;4*1H4;;;/q;;;;;;;;;;;+1;-1. The zero-order valence-electron chi connectivity index (χ0n) is 80.0. The molecule has 3 unspecified atom stereocenters. The summed E-state index contributed by atoms with van der Waals surface area (Å²) in [6.45, 7) is 24.7. The van der Waals surface area contributed by atoms with Crippen molar-refractivity contribution in [3.8, 4) is 56.0 Å². The first-order chi connectivity index (χ1) is 65.0. The number of halogens is 7. The van der Waals surface area contributed by atoms with Crippen LogP contribution in [-0.2, 0) is 59.0 Å². The molecule has 0 aliphatic carbocycles. The molecule has 0 heterocycles. The average Bonchev–Trinajstić information content (AvgIpc) is 0.750. The van der Waals surface area contributed by atoms with E-state index in [-0.39, 0.29) is 121 Å². The molecule has 15 rings (SSSR count). The van der Waals surface area contributed by atoms with E-state index >= 15 is 0 Å². The van der Waals surface area contributed by atoms with Crippen molar-refractivity contribution in [2.75, 3.05) is 46.8 Å². The minimum Gasteiger partial charge on any atom is -1.00 e. The minimum atomic E-state index is -1.39. The molecule has 4 N–H and O–H groups in total. The first-order valence-electron chi connectivity index (χ1n) is 43.7. The number of aliphatic hydroxyl groups excluding tert-OH is 3. The number of rotatable bonds is 23. The Balaban J connectivity index is 0.000000456. The van der Waals surface area contributed by atoms with Crippen molar-refractivity contribution in [3.05, 3.63) is 348 Å².